The van der Waals surface area contributed by atoms with Crippen LogP contribution in [0.4, 0.5) is 0 Å². The summed E-state index contributed by atoms with van der Waals surface area (Å²) < 4.78 is 15.6. The molecule has 150 valence electrons. The van der Waals surface area contributed by atoms with Crippen molar-refractivity contribution in [1.29, 1.82) is 0 Å². The van der Waals surface area contributed by atoms with Gasteiger partial charge in [0.05, 0.1) is 33.4 Å². The van der Waals surface area contributed by atoms with Gasteiger partial charge in [0.25, 0.3) is 0 Å². The number of carbonyl (C=O) groups excluding carboxylic acids is 2. The predicted octanol–water partition coefficient (Wildman–Crippen LogP) is 2.77. The van der Waals surface area contributed by atoms with Crippen LogP contribution >= 0.6 is 0 Å². The van der Waals surface area contributed by atoms with Crippen LogP contribution in [0.5, 0.6) is 17.2 Å². The van der Waals surface area contributed by atoms with E-state index in [2.05, 4.69) is 10.6 Å². The molecule has 2 unspecified atom stereocenters. The van der Waals surface area contributed by atoms with Crippen LogP contribution in [0.15, 0.2) is 42.5 Å². The zero-order chi connectivity index (χ0) is 20.7. The van der Waals surface area contributed by atoms with Crippen LogP contribution in [0, 0.1) is 0 Å². The van der Waals surface area contributed by atoms with Gasteiger partial charge in [0.15, 0.2) is 11.5 Å². The van der Waals surface area contributed by atoms with Crippen LogP contribution in [-0.4, -0.2) is 33.1 Å². The fourth-order valence-electron chi connectivity index (χ4n) is 2.71. The van der Waals surface area contributed by atoms with Crippen molar-refractivity contribution in [1.82, 2.24) is 10.6 Å². The standard InChI is InChI=1S/C21H26N2O5/c1-13(15-6-9-17(26-3)10-7-15)22-20(24)21(25)23-14(2)16-8-11-18(27-4)19(12-16)28-5/h6-14H,1-5H3,(H,22,24)(H,23,25). The molecule has 0 bridgehead atoms. The topological polar surface area (TPSA) is 85.9 Å². The Balaban J connectivity index is 1.98. The molecule has 28 heavy (non-hydrogen) atoms. The number of hydrogen-bond donors (Lipinski definition) is 2. The molecule has 0 fully saturated rings. The van der Waals surface area contributed by atoms with Gasteiger partial charge >= 0.3 is 11.8 Å². The first-order chi connectivity index (χ1) is 13.4. The van der Waals surface area contributed by atoms with E-state index in [1.807, 2.05) is 25.1 Å². The third-order valence-electron chi connectivity index (χ3n) is 4.42. The zero-order valence-corrected chi connectivity index (χ0v) is 16.7. The van der Waals surface area contributed by atoms with Gasteiger partial charge in [-0.3, -0.25) is 9.59 Å². The van der Waals surface area contributed by atoms with Crippen LogP contribution in [0.1, 0.15) is 37.1 Å². The second-order valence-electron chi connectivity index (χ2n) is 6.28. The molecule has 7 nitrogen and oxygen atoms in total. The Morgan fingerprint density at radius 1 is 0.714 bits per heavy atom. The minimum atomic E-state index is -0.706. The molecule has 2 N–H and O–H groups in total. The summed E-state index contributed by atoms with van der Waals surface area (Å²) in [5.74, 6) is 0.469. The lowest BCUT2D eigenvalue weighted by molar-refractivity contribution is -0.140. The van der Waals surface area contributed by atoms with E-state index in [1.165, 1.54) is 0 Å². The van der Waals surface area contributed by atoms with E-state index < -0.39 is 11.8 Å². The van der Waals surface area contributed by atoms with Crippen molar-refractivity contribution >= 4 is 11.8 Å². The zero-order valence-electron chi connectivity index (χ0n) is 16.7. The van der Waals surface area contributed by atoms with E-state index in [4.69, 9.17) is 14.2 Å². The summed E-state index contributed by atoms with van der Waals surface area (Å²) in [5, 5.41) is 5.39. The van der Waals surface area contributed by atoms with Crippen molar-refractivity contribution in [2.45, 2.75) is 25.9 Å². The monoisotopic (exact) mass is 386 g/mol. The van der Waals surface area contributed by atoms with Gasteiger partial charge in [-0.05, 0) is 49.2 Å². The minimum Gasteiger partial charge on any atom is -0.497 e. The predicted molar refractivity (Wildman–Crippen MR) is 106 cm³/mol. The highest BCUT2D eigenvalue weighted by molar-refractivity contribution is 6.35. The number of rotatable bonds is 7. The smallest absolute Gasteiger partial charge is 0.309 e. The average molecular weight is 386 g/mol. The highest BCUT2D eigenvalue weighted by Crippen LogP contribution is 2.29. The van der Waals surface area contributed by atoms with Crippen molar-refractivity contribution in [3.63, 3.8) is 0 Å². The molecule has 0 saturated heterocycles. The lowest BCUT2D eigenvalue weighted by Crippen LogP contribution is -2.41. The quantitative estimate of drug-likeness (QED) is 0.715. The van der Waals surface area contributed by atoms with E-state index >= 15 is 0 Å². The molecule has 0 saturated carbocycles. The summed E-state index contributed by atoms with van der Waals surface area (Å²) in [6.45, 7) is 3.60. The van der Waals surface area contributed by atoms with Crippen LogP contribution in [0.25, 0.3) is 0 Å². The van der Waals surface area contributed by atoms with E-state index in [0.717, 1.165) is 16.9 Å². The van der Waals surface area contributed by atoms with Crippen molar-refractivity contribution in [3.8, 4) is 17.2 Å². The summed E-state index contributed by atoms with van der Waals surface area (Å²) in [5.41, 5.74) is 1.66. The van der Waals surface area contributed by atoms with Crippen LogP contribution in [0.3, 0.4) is 0 Å². The normalized spacial score (nSPS) is 12.5. The van der Waals surface area contributed by atoms with Gasteiger partial charge in [-0.25, -0.2) is 0 Å². The lowest BCUT2D eigenvalue weighted by Gasteiger charge is -2.18. The van der Waals surface area contributed by atoms with Crippen LogP contribution in [-0.2, 0) is 9.59 Å². The summed E-state index contributed by atoms with van der Waals surface area (Å²) in [4.78, 5) is 24.5. The van der Waals surface area contributed by atoms with Gasteiger partial charge in [0.2, 0.25) is 0 Å². The molecule has 0 aromatic heterocycles. The number of ether oxygens (including phenoxy) is 3. The first-order valence-corrected chi connectivity index (χ1v) is 8.86. The Hall–Kier alpha value is -3.22. The number of hydrogen-bond acceptors (Lipinski definition) is 5. The molecule has 0 radical (unpaired) electrons. The number of amides is 2. The van der Waals surface area contributed by atoms with Crippen molar-refractivity contribution in [2.75, 3.05) is 21.3 Å². The minimum absolute atomic E-state index is 0.319. The fourth-order valence-corrected chi connectivity index (χ4v) is 2.71. The Morgan fingerprint density at radius 3 is 1.71 bits per heavy atom. The summed E-state index contributed by atoms with van der Waals surface area (Å²) in [6.07, 6.45) is 0. The maximum Gasteiger partial charge on any atom is 0.309 e. The van der Waals surface area contributed by atoms with E-state index in [9.17, 15) is 9.59 Å². The van der Waals surface area contributed by atoms with Gasteiger partial charge in [-0.2, -0.15) is 0 Å². The van der Waals surface area contributed by atoms with Crippen molar-refractivity contribution < 1.29 is 23.8 Å². The number of benzene rings is 2. The van der Waals surface area contributed by atoms with Crippen LogP contribution in [0.2, 0.25) is 0 Å². The maximum atomic E-state index is 12.3. The lowest BCUT2D eigenvalue weighted by atomic mass is 10.1. The molecule has 2 amide bonds. The molecular weight excluding hydrogens is 360 g/mol. The number of methoxy groups -OCH3 is 3. The van der Waals surface area contributed by atoms with Gasteiger partial charge in [0.1, 0.15) is 5.75 Å². The molecule has 0 aliphatic carbocycles. The Kier molecular flexibility index (Phi) is 7.26. The SMILES string of the molecule is COc1ccc(C(C)NC(=O)C(=O)NC(C)c2ccc(OC)c(OC)c2)cc1. The third kappa shape index (κ3) is 5.16. The first-order valence-electron chi connectivity index (χ1n) is 8.86. The van der Waals surface area contributed by atoms with Gasteiger partial charge in [-0.1, -0.05) is 18.2 Å². The molecule has 0 spiro atoms. The van der Waals surface area contributed by atoms with Gasteiger partial charge in [-0.15, -0.1) is 0 Å². The van der Waals surface area contributed by atoms with E-state index in [0.29, 0.717) is 11.5 Å². The largest absolute Gasteiger partial charge is 0.497 e. The van der Waals surface area contributed by atoms with E-state index in [-0.39, 0.29) is 12.1 Å². The molecule has 0 aliphatic heterocycles. The maximum absolute atomic E-state index is 12.3. The Labute approximate surface area is 165 Å². The number of carbonyl (C=O) groups is 2. The molecule has 7 heteroatoms. The molecule has 0 heterocycles. The summed E-state index contributed by atoms with van der Waals surface area (Å²) >= 11 is 0. The molecule has 2 atom stereocenters. The van der Waals surface area contributed by atoms with Crippen molar-refractivity contribution in [3.05, 3.63) is 53.6 Å². The molecule has 2 rings (SSSR count). The van der Waals surface area contributed by atoms with Gasteiger partial charge in [0, 0.05) is 0 Å². The highest BCUT2D eigenvalue weighted by atomic mass is 16.5. The summed E-state index contributed by atoms with van der Waals surface area (Å²) in [7, 11) is 4.68. The molecule has 2 aromatic carbocycles. The third-order valence-corrected chi connectivity index (χ3v) is 4.42. The Bertz CT molecular complexity index is 820. The second kappa shape index (κ2) is 9.64. The van der Waals surface area contributed by atoms with E-state index in [1.54, 1.807) is 52.5 Å². The molecular formula is C21H26N2O5. The van der Waals surface area contributed by atoms with Crippen molar-refractivity contribution in [2.24, 2.45) is 0 Å². The first kappa shape index (κ1) is 21.1. The fraction of sp³-hybridized carbons (Fsp3) is 0.333. The van der Waals surface area contributed by atoms with Gasteiger partial charge < -0.3 is 24.8 Å². The molecule has 0 aliphatic rings. The highest BCUT2D eigenvalue weighted by Gasteiger charge is 2.20. The average Bonchev–Trinajstić information content (AvgIpc) is 2.72. The second-order valence-corrected chi connectivity index (χ2v) is 6.28. The summed E-state index contributed by atoms with van der Waals surface area (Å²) in [6, 6.07) is 11.9. The Morgan fingerprint density at radius 2 is 1.21 bits per heavy atom. The number of nitrogens with one attached hydrogen (secondary N) is 2. The van der Waals surface area contributed by atoms with Crippen LogP contribution < -0.4 is 24.8 Å². The molecule has 2 aromatic rings.